The molecular weight excluding hydrogens is 280 g/mol. The molecule has 22 heavy (non-hydrogen) atoms. The Morgan fingerprint density at radius 3 is 3.00 bits per heavy atom. The molecule has 2 aromatic rings. The molecule has 1 saturated heterocycles. The number of anilines is 1. The topological polar surface area (TPSA) is 75.2 Å². The molecule has 1 aromatic carbocycles. The Labute approximate surface area is 128 Å². The molecule has 3 rings (SSSR count). The first kappa shape index (κ1) is 14.4. The summed E-state index contributed by atoms with van der Waals surface area (Å²) in [5.41, 5.74) is 1.91. The molecule has 1 aliphatic heterocycles. The van der Waals surface area contributed by atoms with Crippen LogP contribution in [0.25, 0.3) is 10.9 Å². The quantitative estimate of drug-likeness (QED) is 0.808. The van der Waals surface area contributed by atoms with Gasteiger partial charge in [-0.25, -0.2) is 4.79 Å². The summed E-state index contributed by atoms with van der Waals surface area (Å²) in [6.45, 7) is 3.62. The van der Waals surface area contributed by atoms with Crippen molar-refractivity contribution in [1.82, 2.24) is 15.2 Å². The first-order valence-electron chi connectivity index (χ1n) is 7.59. The van der Waals surface area contributed by atoms with Gasteiger partial charge in [0.2, 0.25) is 5.91 Å². The van der Waals surface area contributed by atoms with Crippen LogP contribution in [0.5, 0.6) is 0 Å². The van der Waals surface area contributed by atoms with Gasteiger partial charge in [-0.1, -0.05) is 6.92 Å². The van der Waals surface area contributed by atoms with E-state index in [9.17, 15) is 9.59 Å². The molecule has 0 aliphatic carbocycles. The summed E-state index contributed by atoms with van der Waals surface area (Å²) in [6.07, 6.45) is 3.49. The number of fused-ring (bicyclic) bond motifs is 1. The Morgan fingerprint density at radius 2 is 2.27 bits per heavy atom. The van der Waals surface area contributed by atoms with E-state index in [1.165, 1.54) is 5.52 Å². The molecule has 0 saturated carbocycles. The molecule has 3 amide bonds. The lowest BCUT2D eigenvalue weighted by atomic mass is 10.2. The second-order valence-corrected chi connectivity index (χ2v) is 5.59. The molecule has 3 N–H and O–H groups in total. The number of aromatic nitrogens is 1. The van der Waals surface area contributed by atoms with Gasteiger partial charge in [0.15, 0.2) is 0 Å². The van der Waals surface area contributed by atoms with Crippen molar-refractivity contribution in [3.8, 4) is 0 Å². The summed E-state index contributed by atoms with van der Waals surface area (Å²) < 4.78 is 2.20. The van der Waals surface area contributed by atoms with E-state index in [2.05, 4.69) is 33.6 Å². The zero-order chi connectivity index (χ0) is 15.5. The summed E-state index contributed by atoms with van der Waals surface area (Å²) in [5.74, 6) is -0.0241. The maximum atomic E-state index is 12.0. The molecule has 1 fully saturated rings. The van der Waals surface area contributed by atoms with Gasteiger partial charge in [0.1, 0.15) is 0 Å². The van der Waals surface area contributed by atoms with E-state index >= 15 is 0 Å². The average Bonchev–Trinajstić information content (AvgIpc) is 3.06. The van der Waals surface area contributed by atoms with E-state index in [1.807, 2.05) is 24.3 Å². The van der Waals surface area contributed by atoms with Crippen LogP contribution in [0.4, 0.5) is 10.5 Å². The van der Waals surface area contributed by atoms with E-state index < -0.39 is 0 Å². The molecule has 116 valence electrons. The van der Waals surface area contributed by atoms with Crippen molar-refractivity contribution in [1.29, 1.82) is 0 Å². The van der Waals surface area contributed by atoms with E-state index in [-0.39, 0.29) is 18.0 Å². The van der Waals surface area contributed by atoms with Gasteiger partial charge >= 0.3 is 6.03 Å². The predicted octanol–water partition coefficient (Wildman–Crippen LogP) is 2.06. The first-order valence-corrected chi connectivity index (χ1v) is 7.59. The molecule has 2 heterocycles. The van der Waals surface area contributed by atoms with Crippen LogP contribution in [0.15, 0.2) is 30.5 Å². The van der Waals surface area contributed by atoms with Crippen LogP contribution in [0.2, 0.25) is 0 Å². The minimum atomic E-state index is -0.283. The van der Waals surface area contributed by atoms with Gasteiger partial charge in [-0.15, -0.1) is 0 Å². The molecule has 0 radical (unpaired) electrons. The molecule has 6 nitrogen and oxygen atoms in total. The molecule has 0 unspecified atom stereocenters. The summed E-state index contributed by atoms with van der Waals surface area (Å²) in [7, 11) is 0. The highest BCUT2D eigenvalue weighted by Crippen LogP contribution is 2.21. The number of amides is 3. The minimum Gasteiger partial charge on any atom is -0.354 e. The predicted molar refractivity (Wildman–Crippen MR) is 85.8 cm³/mol. The van der Waals surface area contributed by atoms with Crippen molar-refractivity contribution in [3.63, 3.8) is 0 Å². The van der Waals surface area contributed by atoms with Gasteiger partial charge in [-0.2, -0.15) is 0 Å². The Morgan fingerprint density at radius 1 is 1.41 bits per heavy atom. The van der Waals surface area contributed by atoms with Gasteiger partial charge in [-0.3, -0.25) is 4.79 Å². The zero-order valence-electron chi connectivity index (χ0n) is 12.6. The third-order valence-corrected chi connectivity index (χ3v) is 3.81. The van der Waals surface area contributed by atoms with Crippen molar-refractivity contribution >= 4 is 28.5 Å². The Bertz CT molecular complexity index is 707. The van der Waals surface area contributed by atoms with E-state index in [1.54, 1.807) is 0 Å². The van der Waals surface area contributed by atoms with Gasteiger partial charge in [0, 0.05) is 42.3 Å². The summed E-state index contributed by atoms with van der Waals surface area (Å²) in [6, 6.07) is 7.50. The van der Waals surface area contributed by atoms with Crippen molar-refractivity contribution in [2.45, 2.75) is 32.4 Å². The van der Waals surface area contributed by atoms with Gasteiger partial charge in [-0.05, 0) is 30.7 Å². The van der Waals surface area contributed by atoms with Crippen molar-refractivity contribution < 1.29 is 9.59 Å². The number of hydrogen-bond donors (Lipinski definition) is 3. The summed E-state index contributed by atoms with van der Waals surface area (Å²) >= 11 is 0. The average molecular weight is 300 g/mol. The lowest BCUT2D eigenvalue weighted by Crippen LogP contribution is -2.39. The van der Waals surface area contributed by atoms with Crippen LogP contribution in [0.3, 0.4) is 0 Å². The maximum absolute atomic E-state index is 12.0. The van der Waals surface area contributed by atoms with E-state index in [0.29, 0.717) is 13.0 Å². The van der Waals surface area contributed by atoms with Crippen LogP contribution >= 0.6 is 0 Å². The van der Waals surface area contributed by atoms with Crippen molar-refractivity contribution in [3.05, 3.63) is 30.5 Å². The molecular formula is C16H20N4O2. The summed E-state index contributed by atoms with van der Waals surface area (Å²) in [5, 5.41) is 9.41. The third kappa shape index (κ3) is 3.05. The molecule has 1 atom stereocenters. The number of benzene rings is 1. The second kappa shape index (κ2) is 6.09. The smallest absolute Gasteiger partial charge is 0.319 e. The number of carbonyl (C=O) groups excluding carboxylic acids is 2. The number of nitrogens with one attached hydrogen (secondary N) is 3. The molecule has 0 spiro atoms. The number of hydrogen-bond acceptors (Lipinski definition) is 2. The fraction of sp³-hybridized carbons (Fsp3) is 0.375. The zero-order valence-corrected chi connectivity index (χ0v) is 12.6. The normalized spacial score (nSPS) is 17.5. The number of nitrogens with zero attached hydrogens (tertiary/aromatic N) is 1. The molecule has 0 bridgehead atoms. The highest BCUT2D eigenvalue weighted by atomic mass is 16.2. The van der Waals surface area contributed by atoms with Gasteiger partial charge in [0.25, 0.3) is 0 Å². The Hall–Kier alpha value is -2.50. The lowest BCUT2D eigenvalue weighted by Gasteiger charge is -2.12. The maximum Gasteiger partial charge on any atom is 0.319 e. The van der Waals surface area contributed by atoms with E-state index in [4.69, 9.17) is 0 Å². The van der Waals surface area contributed by atoms with Crippen LogP contribution in [-0.2, 0) is 11.3 Å². The van der Waals surface area contributed by atoms with Crippen molar-refractivity contribution in [2.24, 2.45) is 0 Å². The number of aryl methyl sites for hydroxylation is 1. The SMILES string of the molecule is CCCn1ccc2cc(NC(=O)N[C@H]3CNC(=O)C3)ccc21. The molecule has 6 heteroatoms. The number of urea groups is 1. The summed E-state index contributed by atoms with van der Waals surface area (Å²) in [4.78, 5) is 23.1. The standard InChI is InChI=1S/C16H20N4O2/c1-2-6-20-7-5-11-8-12(3-4-14(11)20)18-16(22)19-13-9-15(21)17-10-13/h3-5,7-8,13H,2,6,9-10H2,1H3,(H,17,21)(H2,18,19,22)/t13-/m1/s1. The number of carbonyl (C=O) groups is 2. The first-order chi connectivity index (χ1) is 10.7. The Balaban J connectivity index is 1.66. The fourth-order valence-electron chi connectivity index (χ4n) is 2.77. The highest BCUT2D eigenvalue weighted by Gasteiger charge is 2.22. The largest absolute Gasteiger partial charge is 0.354 e. The fourth-order valence-corrected chi connectivity index (χ4v) is 2.77. The van der Waals surface area contributed by atoms with Crippen molar-refractivity contribution in [2.75, 3.05) is 11.9 Å². The van der Waals surface area contributed by atoms with Crippen LogP contribution in [0, 0.1) is 0 Å². The molecule has 1 aromatic heterocycles. The highest BCUT2D eigenvalue weighted by molar-refractivity contribution is 5.93. The van der Waals surface area contributed by atoms with Crippen LogP contribution < -0.4 is 16.0 Å². The molecule has 1 aliphatic rings. The van der Waals surface area contributed by atoms with Gasteiger partial charge in [0.05, 0.1) is 6.04 Å². The van der Waals surface area contributed by atoms with E-state index in [0.717, 1.165) is 24.0 Å². The minimum absolute atomic E-state index is 0.0241. The monoisotopic (exact) mass is 300 g/mol. The lowest BCUT2D eigenvalue weighted by molar-refractivity contribution is -0.119. The van der Waals surface area contributed by atoms with Crippen LogP contribution in [-0.4, -0.2) is 29.1 Å². The third-order valence-electron chi connectivity index (χ3n) is 3.81. The van der Waals surface area contributed by atoms with Gasteiger partial charge < -0.3 is 20.5 Å². The number of rotatable bonds is 4. The second-order valence-electron chi connectivity index (χ2n) is 5.59. The Kier molecular flexibility index (Phi) is 4.00. The van der Waals surface area contributed by atoms with Crippen LogP contribution in [0.1, 0.15) is 19.8 Å².